The third-order valence-corrected chi connectivity index (χ3v) is 3.54. The Morgan fingerprint density at radius 1 is 1.31 bits per heavy atom. The molecule has 0 saturated heterocycles. The van der Waals surface area contributed by atoms with Gasteiger partial charge in [-0.25, -0.2) is 4.79 Å². The minimum atomic E-state index is -0.833. The average Bonchev–Trinajstić information content (AvgIpc) is 2.45. The summed E-state index contributed by atoms with van der Waals surface area (Å²) in [5.74, 6) is -0.833. The standard InChI is InChI=1S/C9H11NO2S/c10-8-6-4-2-1-3-5(6)7(13-8)9(11)12/h1-4,10H2,(H,11,12). The van der Waals surface area contributed by atoms with Crippen molar-refractivity contribution in [3.05, 3.63) is 16.0 Å². The average molecular weight is 197 g/mol. The summed E-state index contributed by atoms with van der Waals surface area (Å²) >= 11 is 1.22. The molecule has 2 rings (SSSR count). The largest absolute Gasteiger partial charge is 0.477 e. The van der Waals surface area contributed by atoms with E-state index in [0.29, 0.717) is 9.88 Å². The van der Waals surface area contributed by atoms with Gasteiger partial charge >= 0.3 is 5.97 Å². The molecule has 3 N–H and O–H groups in total. The van der Waals surface area contributed by atoms with Gasteiger partial charge in [0.25, 0.3) is 0 Å². The van der Waals surface area contributed by atoms with E-state index in [2.05, 4.69) is 0 Å². The van der Waals surface area contributed by atoms with Gasteiger partial charge in [-0.3, -0.25) is 0 Å². The van der Waals surface area contributed by atoms with Gasteiger partial charge in [0.05, 0.1) is 5.00 Å². The van der Waals surface area contributed by atoms with Crippen LogP contribution in [0.3, 0.4) is 0 Å². The zero-order valence-electron chi connectivity index (χ0n) is 7.17. The lowest BCUT2D eigenvalue weighted by molar-refractivity contribution is 0.0701. The highest BCUT2D eigenvalue weighted by atomic mass is 32.1. The molecule has 0 bridgehead atoms. The van der Waals surface area contributed by atoms with Crippen molar-refractivity contribution < 1.29 is 9.90 Å². The van der Waals surface area contributed by atoms with E-state index in [0.717, 1.165) is 36.8 Å². The first kappa shape index (κ1) is 8.56. The molecule has 4 heteroatoms. The summed E-state index contributed by atoms with van der Waals surface area (Å²) in [5.41, 5.74) is 7.83. The molecule has 70 valence electrons. The Balaban J connectivity index is 2.53. The minimum Gasteiger partial charge on any atom is -0.477 e. The van der Waals surface area contributed by atoms with Crippen molar-refractivity contribution in [2.24, 2.45) is 0 Å². The van der Waals surface area contributed by atoms with Crippen LogP contribution in [0.5, 0.6) is 0 Å². The van der Waals surface area contributed by atoms with Crippen molar-refractivity contribution in [1.29, 1.82) is 0 Å². The Morgan fingerprint density at radius 3 is 2.54 bits per heavy atom. The van der Waals surface area contributed by atoms with Crippen LogP contribution in [-0.2, 0) is 12.8 Å². The molecule has 0 radical (unpaired) electrons. The smallest absolute Gasteiger partial charge is 0.346 e. The van der Waals surface area contributed by atoms with Crippen LogP contribution in [-0.4, -0.2) is 11.1 Å². The molecule has 1 aliphatic carbocycles. The van der Waals surface area contributed by atoms with Crippen molar-refractivity contribution in [2.45, 2.75) is 25.7 Å². The molecular weight excluding hydrogens is 186 g/mol. The molecule has 0 amide bonds. The number of rotatable bonds is 1. The molecule has 0 unspecified atom stereocenters. The van der Waals surface area contributed by atoms with Crippen LogP contribution in [0.1, 0.15) is 33.6 Å². The number of hydrogen-bond donors (Lipinski definition) is 2. The Labute approximate surface area is 80.2 Å². The molecule has 0 atom stereocenters. The van der Waals surface area contributed by atoms with E-state index in [4.69, 9.17) is 10.8 Å². The lowest BCUT2D eigenvalue weighted by atomic mass is 9.93. The molecular formula is C9H11NO2S. The second-order valence-electron chi connectivity index (χ2n) is 3.26. The second kappa shape index (κ2) is 3.03. The fourth-order valence-electron chi connectivity index (χ4n) is 1.83. The van der Waals surface area contributed by atoms with Crippen LogP contribution < -0.4 is 5.73 Å². The summed E-state index contributed by atoms with van der Waals surface area (Å²) in [6.07, 6.45) is 4.05. The summed E-state index contributed by atoms with van der Waals surface area (Å²) in [4.78, 5) is 11.3. The van der Waals surface area contributed by atoms with Crippen molar-refractivity contribution >= 4 is 22.3 Å². The van der Waals surface area contributed by atoms with E-state index in [9.17, 15) is 4.79 Å². The van der Waals surface area contributed by atoms with Crippen LogP contribution in [0.25, 0.3) is 0 Å². The van der Waals surface area contributed by atoms with Gasteiger partial charge in [0, 0.05) is 0 Å². The zero-order chi connectivity index (χ0) is 9.42. The van der Waals surface area contributed by atoms with E-state index >= 15 is 0 Å². The maximum Gasteiger partial charge on any atom is 0.346 e. The summed E-state index contributed by atoms with van der Waals surface area (Å²) in [5, 5.41) is 9.61. The van der Waals surface area contributed by atoms with Gasteiger partial charge in [0.1, 0.15) is 4.88 Å². The molecule has 1 aliphatic rings. The molecule has 13 heavy (non-hydrogen) atoms. The summed E-state index contributed by atoms with van der Waals surface area (Å²) in [6, 6.07) is 0. The number of carboxylic acid groups (broad SMARTS) is 1. The van der Waals surface area contributed by atoms with Crippen LogP contribution in [0.2, 0.25) is 0 Å². The number of carbonyl (C=O) groups is 1. The van der Waals surface area contributed by atoms with Crippen molar-refractivity contribution in [1.82, 2.24) is 0 Å². The Bertz CT molecular complexity index is 357. The van der Waals surface area contributed by atoms with E-state index in [1.54, 1.807) is 0 Å². The lowest BCUT2D eigenvalue weighted by Crippen LogP contribution is -2.05. The molecule has 0 aliphatic heterocycles. The number of fused-ring (bicyclic) bond motifs is 1. The molecule has 0 saturated carbocycles. The normalized spacial score (nSPS) is 15.4. The van der Waals surface area contributed by atoms with Gasteiger partial charge in [-0.1, -0.05) is 0 Å². The fraction of sp³-hybridized carbons (Fsp3) is 0.444. The van der Waals surface area contributed by atoms with Crippen LogP contribution in [0.15, 0.2) is 0 Å². The van der Waals surface area contributed by atoms with Gasteiger partial charge in [0.15, 0.2) is 0 Å². The molecule has 0 fully saturated rings. The van der Waals surface area contributed by atoms with Gasteiger partial charge in [-0.15, -0.1) is 11.3 Å². The number of carboxylic acids is 1. The molecule has 1 aromatic heterocycles. The Hall–Kier alpha value is -1.03. The number of nitrogen functional groups attached to an aromatic ring is 1. The van der Waals surface area contributed by atoms with E-state index in [1.807, 2.05) is 0 Å². The zero-order valence-corrected chi connectivity index (χ0v) is 7.99. The first-order valence-corrected chi connectivity index (χ1v) is 5.15. The number of hydrogen-bond acceptors (Lipinski definition) is 3. The van der Waals surface area contributed by atoms with E-state index in [1.165, 1.54) is 11.3 Å². The highest BCUT2D eigenvalue weighted by molar-refractivity contribution is 7.18. The predicted octanol–water partition coefficient (Wildman–Crippen LogP) is 1.91. The maximum absolute atomic E-state index is 10.8. The number of anilines is 1. The first-order valence-electron chi connectivity index (χ1n) is 4.33. The maximum atomic E-state index is 10.8. The Morgan fingerprint density at radius 2 is 1.92 bits per heavy atom. The highest BCUT2D eigenvalue weighted by Gasteiger charge is 2.22. The SMILES string of the molecule is Nc1sc(C(=O)O)c2c1CCCC2. The lowest BCUT2D eigenvalue weighted by Gasteiger charge is -2.11. The van der Waals surface area contributed by atoms with E-state index < -0.39 is 5.97 Å². The predicted molar refractivity (Wildman–Crippen MR) is 52.3 cm³/mol. The molecule has 0 spiro atoms. The third kappa shape index (κ3) is 1.31. The summed E-state index contributed by atoms with van der Waals surface area (Å²) in [6.45, 7) is 0. The molecule has 1 heterocycles. The first-order chi connectivity index (χ1) is 6.20. The number of thiophene rings is 1. The number of aromatic carboxylic acids is 1. The molecule has 0 aromatic carbocycles. The minimum absolute atomic E-state index is 0.451. The van der Waals surface area contributed by atoms with Crippen LogP contribution >= 0.6 is 11.3 Å². The quantitative estimate of drug-likeness (QED) is 0.722. The van der Waals surface area contributed by atoms with Gasteiger partial charge in [-0.2, -0.15) is 0 Å². The van der Waals surface area contributed by atoms with Crippen molar-refractivity contribution in [3.8, 4) is 0 Å². The summed E-state index contributed by atoms with van der Waals surface area (Å²) in [7, 11) is 0. The van der Waals surface area contributed by atoms with E-state index in [-0.39, 0.29) is 0 Å². The topological polar surface area (TPSA) is 63.3 Å². The van der Waals surface area contributed by atoms with Gasteiger partial charge < -0.3 is 10.8 Å². The van der Waals surface area contributed by atoms with Crippen molar-refractivity contribution in [2.75, 3.05) is 5.73 Å². The van der Waals surface area contributed by atoms with Crippen LogP contribution in [0, 0.1) is 0 Å². The van der Waals surface area contributed by atoms with Crippen LogP contribution in [0.4, 0.5) is 5.00 Å². The second-order valence-corrected chi connectivity index (χ2v) is 4.32. The monoisotopic (exact) mass is 197 g/mol. The summed E-state index contributed by atoms with van der Waals surface area (Å²) < 4.78 is 0. The van der Waals surface area contributed by atoms with Gasteiger partial charge in [-0.05, 0) is 36.8 Å². The van der Waals surface area contributed by atoms with Gasteiger partial charge in [0.2, 0.25) is 0 Å². The van der Waals surface area contributed by atoms with Crippen molar-refractivity contribution in [3.63, 3.8) is 0 Å². The molecule has 3 nitrogen and oxygen atoms in total. The number of nitrogens with two attached hydrogens (primary N) is 1. The molecule has 1 aromatic rings. The Kier molecular flexibility index (Phi) is 2.00. The third-order valence-electron chi connectivity index (χ3n) is 2.45. The highest BCUT2D eigenvalue weighted by Crippen LogP contribution is 2.36. The fourth-order valence-corrected chi connectivity index (χ4v) is 2.84.